The molecule has 1 fully saturated rings. The largest absolute Gasteiger partial charge is 0.459 e. The summed E-state index contributed by atoms with van der Waals surface area (Å²) in [5.41, 5.74) is 0. The Labute approximate surface area is 96.9 Å². The molecule has 0 N–H and O–H groups in total. The summed E-state index contributed by atoms with van der Waals surface area (Å²) in [7, 11) is 1.67. The van der Waals surface area contributed by atoms with Crippen molar-refractivity contribution >= 4 is 11.9 Å². The van der Waals surface area contributed by atoms with Crippen LogP contribution in [0, 0.1) is 5.92 Å². The Hall–Kier alpha value is -1.06. The van der Waals surface area contributed by atoms with E-state index in [4.69, 9.17) is 0 Å². The van der Waals surface area contributed by atoms with Crippen LogP contribution in [0.5, 0.6) is 0 Å². The molecular formula is C12H21NO3. The van der Waals surface area contributed by atoms with Gasteiger partial charge in [0.05, 0.1) is 6.61 Å². The second kappa shape index (κ2) is 6.51. The maximum absolute atomic E-state index is 11.6. The van der Waals surface area contributed by atoms with E-state index in [-0.39, 0.29) is 6.61 Å². The number of rotatable bonds is 3. The van der Waals surface area contributed by atoms with Gasteiger partial charge in [-0.2, -0.15) is 0 Å². The van der Waals surface area contributed by atoms with E-state index in [2.05, 4.69) is 4.74 Å². The molecule has 0 aliphatic heterocycles. The zero-order valence-electron chi connectivity index (χ0n) is 10.2. The van der Waals surface area contributed by atoms with Gasteiger partial charge in [0.2, 0.25) is 0 Å². The fourth-order valence-electron chi connectivity index (χ4n) is 2.19. The molecule has 0 radical (unpaired) electrons. The highest BCUT2D eigenvalue weighted by Crippen LogP contribution is 2.24. The Morgan fingerprint density at radius 1 is 1.25 bits per heavy atom. The van der Waals surface area contributed by atoms with E-state index in [1.165, 1.54) is 37.0 Å². The lowest BCUT2D eigenvalue weighted by molar-refractivity contribution is -0.159. The quantitative estimate of drug-likeness (QED) is 0.543. The molecule has 0 spiro atoms. The van der Waals surface area contributed by atoms with Crippen LogP contribution in [-0.2, 0) is 14.3 Å². The van der Waals surface area contributed by atoms with Gasteiger partial charge >= 0.3 is 11.9 Å². The number of hydrogen-bond donors (Lipinski definition) is 0. The van der Waals surface area contributed by atoms with Gasteiger partial charge in [0.1, 0.15) is 0 Å². The highest BCUT2D eigenvalue weighted by molar-refractivity contribution is 6.32. The fourth-order valence-corrected chi connectivity index (χ4v) is 2.19. The molecule has 1 rings (SSSR count). The van der Waals surface area contributed by atoms with Crippen molar-refractivity contribution in [3.05, 3.63) is 0 Å². The molecule has 16 heavy (non-hydrogen) atoms. The van der Waals surface area contributed by atoms with Crippen molar-refractivity contribution in [2.45, 2.75) is 39.0 Å². The number of likely N-dealkylation sites (N-methyl/N-ethyl adjacent to an activating group) is 1. The van der Waals surface area contributed by atoms with Gasteiger partial charge < -0.3 is 9.64 Å². The molecule has 0 aromatic carbocycles. The molecule has 1 amide bonds. The van der Waals surface area contributed by atoms with Crippen molar-refractivity contribution in [2.24, 2.45) is 5.92 Å². The first-order valence-electron chi connectivity index (χ1n) is 6.07. The van der Waals surface area contributed by atoms with Crippen molar-refractivity contribution < 1.29 is 14.3 Å². The number of esters is 1. The SMILES string of the molecule is CCOC(=O)C(=O)N(C)CC1CCCCC1. The summed E-state index contributed by atoms with van der Waals surface area (Å²) in [5.74, 6) is -0.703. The minimum Gasteiger partial charge on any atom is -0.459 e. The van der Waals surface area contributed by atoms with Gasteiger partial charge in [-0.3, -0.25) is 4.79 Å². The lowest BCUT2D eigenvalue weighted by Crippen LogP contribution is -2.38. The molecular weight excluding hydrogens is 206 g/mol. The number of hydrogen-bond acceptors (Lipinski definition) is 3. The van der Waals surface area contributed by atoms with Gasteiger partial charge in [-0.25, -0.2) is 4.79 Å². The highest BCUT2D eigenvalue weighted by atomic mass is 16.5. The molecule has 4 heteroatoms. The van der Waals surface area contributed by atoms with E-state index in [9.17, 15) is 9.59 Å². The van der Waals surface area contributed by atoms with E-state index < -0.39 is 11.9 Å². The van der Waals surface area contributed by atoms with Crippen LogP contribution in [-0.4, -0.2) is 37.0 Å². The number of ether oxygens (including phenoxy) is 1. The third-order valence-electron chi connectivity index (χ3n) is 3.05. The van der Waals surface area contributed by atoms with E-state index in [0.717, 1.165) is 0 Å². The monoisotopic (exact) mass is 227 g/mol. The van der Waals surface area contributed by atoms with Crippen LogP contribution in [0.3, 0.4) is 0 Å². The number of nitrogens with zero attached hydrogens (tertiary/aromatic N) is 1. The Bertz CT molecular complexity index is 247. The molecule has 0 aromatic heterocycles. The third kappa shape index (κ3) is 3.83. The smallest absolute Gasteiger partial charge is 0.396 e. The third-order valence-corrected chi connectivity index (χ3v) is 3.05. The normalized spacial score (nSPS) is 16.9. The zero-order chi connectivity index (χ0) is 12.0. The Balaban J connectivity index is 2.35. The number of carbonyl (C=O) groups is 2. The molecule has 92 valence electrons. The van der Waals surface area contributed by atoms with Crippen molar-refractivity contribution in [1.82, 2.24) is 4.90 Å². The molecule has 0 saturated heterocycles. The van der Waals surface area contributed by atoms with Gasteiger partial charge in [-0.15, -0.1) is 0 Å². The molecule has 0 aromatic rings. The molecule has 0 unspecified atom stereocenters. The van der Waals surface area contributed by atoms with E-state index >= 15 is 0 Å². The minimum absolute atomic E-state index is 0.252. The lowest BCUT2D eigenvalue weighted by Gasteiger charge is -2.26. The highest BCUT2D eigenvalue weighted by Gasteiger charge is 2.23. The standard InChI is InChI=1S/C12H21NO3/c1-3-16-12(15)11(14)13(2)9-10-7-5-4-6-8-10/h10H,3-9H2,1-2H3. The number of amides is 1. The summed E-state index contributed by atoms with van der Waals surface area (Å²) in [6.45, 7) is 2.63. The van der Waals surface area contributed by atoms with Gasteiger partial charge in [0, 0.05) is 13.6 Å². The second-order valence-electron chi connectivity index (χ2n) is 4.41. The summed E-state index contributed by atoms with van der Waals surface area (Å²) in [5, 5.41) is 0. The van der Waals surface area contributed by atoms with Crippen LogP contribution in [0.1, 0.15) is 39.0 Å². The average molecular weight is 227 g/mol. The van der Waals surface area contributed by atoms with Crippen LogP contribution >= 0.6 is 0 Å². The van der Waals surface area contributed by atoms with Gasteiger partial charge in [-0.05, 0) is 25.7 Å². The molecule has 0 heterocycles. The molecule has 0 bridgehead atoms. The van der Waals surface area contributed by atoms with Crippen LogP contribution in [0.15, 0.2) is 0 Å². The average Bonchev–Trinajstić information content (AvgIpc) is 2.29. The maximum Gasteiger partial charge on any atom is 0.396 e. The van der Waals surface area contributed by atoms with Gasteiger partial charge in [-0.1, -0.05) is 19.3 Å². The van der Waals surface area contributed by atoms with Crippen molar-refractivity contribution in [2.75, 3.05) is 20.2 Å². The first kappa shape index (κ1) is 13.0. The van der Waals surface area contributed by atoms with E-state index in [0.29, 0.717) is 12.5 Å². The minimum atomic E-state index is -0.735. The summed E-state index contributed by atoms with van der Waals surface area (Å²) in [6.07, 6.45) is 6.12. The fraction of sp³-hybridized carbons (Fsp3) is 0.833. The summed E-state index contributed by atoms with van der Waals surface area (Å²) >= 11 is 0. The maximum atomic E-state index is 11.6. The Morgan fingerprint density at radius 3 is 2.44 bits per heavy atom. The first-order valence-corrected chi connectivity index (χ1v) is 6.07. The van der Waals surface area contributed by atoms with Crippen LogP contribution in [0.2, 0.25) is 0 Å². The van der Waals surface area contributed by atoms with Crippen LogP contribution < -0.4 is 0 Å². The molecule has 4 nitrogen and oxygen atoms in total. The number of carbonyl (C=O) groups excluding carboxylic acids is 2. The Kier molecular flexibility index (Phi) is 5.29. The van der Waals surface area contributed by atoms with Gasteiger partial charge in [0.15, 0.2) is 0 Å². The molecule has 1 aliphatic carbocycles. The Morgan fingerprint density at radius 2 is 1.88 bits per heavy atom. The predicted molar refractivity (Wildman–Crippen MR) is 60.8 cm³/mol. The predicted octanol–water partition coefficient (Wildman–Crippen LogP) is 1.59. The zero-order valence-corrected chi connectivity index (χ0v) is 10.2. The molecule has 1 saturated carbocycles. The van der Waals surface area contributed by atoms with E-state index in [1.807, 2.05) is 0 Å². The summed E-state index contributed by atoms with van der Waals surface area (Å²) in [6, 6.07) is 0. The molecule has 0 atom stereocenters. The topological polar surface area (TPSA) is 46.6 Å². The summed E-state index contributed by atoms with van der Waals surface area (Å²) < 4.78 is 4.68. The van der Waals surface area contributed by atoms with Crippen LogP contribution in [0.25, 0.3) is 0 Å². The summed E-state index contributed by atoms with van der Waals surface area (Å²) in [4.78, 5) is 24.3. The van der Waals surface area contributed by atoms with Gasteiger partial charge in [0.25, 0.3) is 0 Å². The van der Waals surface area contributed by atoms with Crippen molar-refractivity contribution in [3.8, 4) is 0 Å². The van der Waals surface area contributed by atoms with E-state index in [1.54, 1.807) is 14.0 Å². The van der Waals surface area contributed by atoms with Crippen molar-refractivity contribution in [1.29, 1.82) is 0 Å². The van der Waals surface area contributed by atoms with Crippen molar-refractivity contribution in [3.63, 3.8) is 0 Å². The molecule has 1 aliphatic rings. The van der Waals surface area contributed by atoms with Crippen LogP contribution in [0.4, 0.5) is 0 Å². The second-order valence-corrected chi connectivity index (χ2v) is 4.41. The lowest BCUT2D eigenvalue weighted by atomic mass is 9.89. The first-order chi connectivity index (χ1) is 7.65.